The van der Waals surface area contributed by atoms with Crippen LogP contribution in [0.15, 0.2) is 42.5 Å². The monoisotopic (exact) mass is 280 g/mol. The molecule has 0 bridgehead atoms. The second kappa shape index (κ2) is 4.69. The maximum Gasteiger partial charge on any atom is 0.124 e. The third kappa shape index (κ3) is 1.94. The molecule has 2 N–H and O–H groups in total. The molecule has 4 rings (SSSR count). The quantitative estimate of drug-likeness (QED) is 0.777. The van der Waals surface area contributed by atoms with Crippen molar-refractivity contribution in [2.45, 2.75) is 25.3 Å². The summed E-state index contributed by atoms with van der Waals surface area (Å²) in [6.07, 6.45) is 2.54. The number of hydrogen-bond acceptors (Lipinski definition) is 3. The largest absolute Gasteiger partial charge is 0.326 e. The first-order valence-electron chi connectivity index (χ1n) is 7.04. The minimum Gasteiger partial charge on any atom is -0.326 e. The van der Waals surface area contributed by atoms with Crippen molar-refractivity contribution in [1.82, 2.24) is 4.98 Å². The first kappa shape index (κ1) is 12.1. The number of nitrogens with zero attached hydrogens (tertiary/aromatic N) is 1. The Kier molecular flexibility index (Phi) is 2.83. The summed E-state index contributed by atoms with van der Waals surface area (Å²) < 4.78 is 0. The van der Waals surface area contributed by atoms with Gasteiger partial charge in [0.1, 0.15) is 5.01 Å². The van der Waals surface area contributed by atoms with E-state index >= 15 is 0 Å². The molecular weight excluding hydrogens is 264 g/mol. The molecule has 1 aromatic heterocycles. The lowest BCUT2D eigenvalue weighted by Crippen LogP contribution is -1.96. The molecule has 1 fully saturated rings. The predicted octanol–water partition coefficient (Wildman–Crippen LogP) is 4.30. The van der Waals surface area contributed by atoms with Gasteiger partial charge in [0.15, 0.2) is 0 Å². The van der Waals surface area contributed by atoms with Gasteiger partial charge < -0.3 is 5.73 Å². The lowest BCUT2D eigenvalue weighted by Gasteiger charge is -2.02. The highest BCUT2D eigenvalue weighted by atomic mass is 32.1. The smallest absolute Gasteiger partial charge is 0.124 e. The first-order valence-corrected chi connectivity index (χ1v) is 7.86. The minimum atomic E-state index is 0.605. The van der Waals surface area contributed by atoms with Gasteiger partial charge in [-0.15, -0.1) is 11.3 Å². The summed E-state index contributed by atoms with van der Waals surface area (Å²) in [5, 5.41) is 3.65. The van der Waals surface area contributed by atoms with Crippen molar-refractivity contribution in [3.8, 4) is 10.6 Å². The standard InChI is InChI=1S/C17H16N2S/c18-10-15-16(12-8-9-12)19-17(20-15)14-7-3-5-11-4-1-2-6-13(11)14/h1-7,12H,8-10,18H2. The van der Waals surface area contributed by atoms with Gasteiger partial charge in [-0.3, -0.25) is 0 Å². The number of thiazole rings is 1. The minimum absolute atomic E-state index is 0.605. The average molecular weight is 280 g/mol. The van der Waals surface area contributed by atoms with Gasteiger partial charge in [-0.1, -0.05) is 42.5 Å². The van der Waals surface area contributed by atoms with Crippen LogP contribution in [0.25, 0.3) is 21.3 Å². The summed E-state index contributed by atoms with van der Waals surface area (Å²) in [7, 11) is 0. The molecule has 2 aromatic carbocycles. The summed E-state index contributed by atoms with van der Waals surface area (Å²) >= 11 is 1.76. The fourth-order valence-electron chi connectivity index (χ4n) is 2.71. The molecule has 3 heteroatoms. The van der Waals surface area contributed by atoms with Gasteiger partial charge in [0.25, 0.3) is 0 Å². The molecular formula is C17H16N2S. The number of aromatic nitrogens is 1. The highest BCUT2D eigenvalue weighted by Crippen LogP contribution is 2.44. The van der Waals surface area contributed by atoms with Crippen LogP contribution in [0.3, 0.4) is 0 Å². The van der Waals surface area contributed by atoms with E-state index in [0.717, 1.165) is 5.01 Å². The Balaban J connectivity index is 1.90. The molecule has 0 amide bonds. The Morgan fingerprint density at radius 3 is 2.70 bits per heavy atom. The van der Waals surface area contributed by atoms with Crippen molar-refractivity contribution in [1.29, 1.82) is 0 Å². The Morgan fingerprint density at radius 1 is 1.10 bits per heavy atom. The Labute approximate surface area is 122 Å². The van der Waals surface area contributed by atoms with E-state index in [0.29, 0.717) is 12.5 Å². The van der Waals surface area contributed by atoms with Crippen LogP contribution in [0.1, 0.15) is 29.3 Å². The van der Waals surface area contributed by atoms with Gasteiger partial charge in [-0.2, -0.15) is 0 Å². The summed E-state index contributed by atoms with van der Waals surface area (Å²) in [5.41, 5.74) is 8.37. The van der Waals surface area contributed by atoms with E-state index in [-0.39, 0.29) is 0 Å². The van der Waals surface area contributed by atoms with E-state index in [2.05, 4.69) is 42.5 Å². The second-order valence-electron chi connectivity index (χ2n) is 5.33. The lowest BCUT2D eigenvalue weighted by atomic mass is 10.1. The summed E-state index contributed by atoms with van der Waals surface area (Å²) in [6, 6.07) is 14.9. The zero-order valence-corrected chi connectivity index (χ0v) is 12.0. The number of hydrogen-bond donors (Lipinski definition) is 1. The maximum absolute atomic E-state index is 5.89. The molecule has 100 valence electrons. The fraction of sp³-hybridized carbons (Fsp3) is 0.235. The van der Waals surface area contributed by atoms with Crippen molar-refractivity contribution in [2.24, 2.45) is 5.73 Å². The molecule has 0 radical (unpaired) electrons. The van der Waals surface area contributed by atoms with Crippen LogP contribution >= 0.6 is 11.3 Å². The molecule has 0 saturated heterocycles. The molecule has 0 atom stereocenters. The maximum atomic E-state index is 5.89. The summed E-state index contributed by atoms with van der Waals surface area (Å²) in [4.78, 5) is 6.16. The van der Waals surface area contributed by atoms with E-state index in [9.17, 15) is 0 Å². The van der Waals surface area contributed by atoms with Crippen LogP contribution in [-0.2, 0) is 6.54 Å². The van der Waals surface area contributed by atoms with Gasteiger partial charge >= 0.3 is 0 Å². The second-order valence-corrected chi connectivity index (χ2v) is 6.42. The van der Waals surface area contributed by atoms with Crippen LogP contribution in [0, 0.1) is 0 Å². The molecule has 0 spiro atoms. The first-order chi connectivity index (χ1) is 9.86. The van der Waals surface area contributed by atoms with Crippen molar-refractivity contribution < 1.29 is 0 Å². The normalized spacial score (nSPS) is 14.8. The highest BCUT2D eigenvalue weighted by molar-refractivity contribution is 7.15. The Hall–Kier alpha value is -1.71. The van der Waals surface area contributed by atoms with Crippen LogP contribution in [0.5, 0.6) is 0 Å². The molecule has 20 heavy (non-hydrogen) atoms. The van der Waals surface area contributed by atoms with Gasteiger partial charge in [0, 0.05) is 22.9 Å². The topological polar surface area (TPSA) is 38.9 Å². The SMILES string of the molecule is NCc1sc(-c2cccc3ccccc23)nc1C1CC1. The van der Waals surface area contributed by atoms with E-state index < -0.39 is 0 Å². The fourth-order valence-corrected chi connectivity index (χ4v) is 3.78. The molecule has 1 aliphatic carbocycles. The zero-order valence-electron chi connectivity index (χ0n) is 11.2. The zero-order chi connectivity index (χ0) is 13.5. The lowest BCUT2D eigenvalue weighted by molar-refractivity contribution is 0.980. The number of nitrogens with two attached hydrogens (primary N) is 1. The van der Waals surface area contributed by atoms with Crippen LogP contribution in [0.4, 0.5) is 0 Å². The van der Waals surface area contributed by atoms with Crippen LogP contribution in [0.2, 0.25) is 0 Å². The number of rotatable bonds is 3. The average Bonchev–Trinajstić information content (AvgIpc) is 3.26. The van der Waals surface area contributed by atoms with E-state index in [4.69, 9.17) is 10.7 Å². The van der Waals surface area contributed by atoms with Crippen LogP contribution < -0.4 is 5.73 Å². The van der Waals surface area contributed by atoms with Gasteiger partial charge in [-0.05, 0) is 23.6 Å². The molecule has 0 aliphatic heterocycles. The molecule has 3 aromatic rings. The third-order valence-electron chi connectivity index (χ3n) is 3.90. The predicted molar refractivity (Wildman–Crippen MR) is 84.9 cm³/mol. The van der Waals surface area contributed by atoms with E-state index in [1.807, 2.05) is 0 Å². The van der Waals surface area contributed by atoms with Crippen molar-refractivity contribution in [2.75, 3.05) is 0 Å². The third-order valence-corrected chi connectivity index (χ3v) is 5.02. The molecule has 2 nitrogen and oxygen atoms in total. The van der Waals surface area contributed by atoms with Crippen molar-refractivity contribution in [3.05, 3.63) is 53.0 Å². The van der Waals surface area contributed by atoms with E-state index in [1.54, 1.807) is 11.3 Å². The summed E-state index contributed by atoms with van der Waals surface area (Å²) in [5.74, 6) is 0.661. The van der Waals surface area contributed by atoms with Crippen molar-refractivity contribution in [3.63, 3.8) is 0 Å². The molecule has 1 saturated carbocycles. The van der Waals surface area contributed by atoms with E-state index in [1.165, 1.54) is 39.7 Å². The van der Waals surface area contributed by atoms with Gasteiger partial charge in [0.2, 0.25) is 0 Å². The van der Waals surface area contributed by atoms with Crippen molar-refractivity contribution >= 4 is 22.1 Å². The highest BCUT2D eigenvalue weighted by Gasteiger charge is 2.29. The summed E-state index contributed by atoms with van der Waals surface area (Å²) in [6.45, 7) is 0.605. The van der Waals surface area contributed by atoms with Gasteiger partial charge in [-0.25, -0.2) is 4.98 Å². The van der Waals surface area contributed by atoms with Gasteiger partial charge in [0.05, 0.1) is 5.69 Å². The Bertz CT molecular complexity index is 766. The number of benzene rings is 2. The molecule has 1 heterocycles. The molecule has 1 aliphatic rings. The molecule has 0 unspecified atom stereocenters. The Morgan fingerprint density at radius 2 is 1.90 bits per heavy atom. The number of fused-ring (bicyclic) bond motifs is 1. The van der Waals surface area contributed by atoms with Crippen LogP contribution in [-0.4, -0.2) is 4.98 Å².